The SMILES string of the molecule is O=C(NN=Cc1ccc(-c2cccc(Cl)c2)o1)C(=O)Nc1ccc(Oc2ccccc2)cc1. The summed E-state index contributed by atoms with van der Waals surface area (Å²) >= 11 is 5.99. The van der Waals surface area contributed by atoms with E-state index in [0.717, 1.165) is 5.56 Å². The van der Waals surface area contributed by atoms with Crippen LogP contribution < -0.4 is 15.5 Å². The first kappa shape index (κ1) is 21.9. The summed E-state index contributed by atoms with van der Waals surface area (Å²) in [4.78, 5) is 24.1. The number of nitrogens with zero attached hydrogens (tertiary/aromatic N) is 1. The van der Waals surface area contributed by atoms with Crippen LogP contribution in [-0.2, 0) is 9.59 Å². The van der Waals surface area contributed by atoms with Crippen molar-refractivity contribution in [3.8, 4) is 22.8 Å². The lowest BCUT2D eigenvalue weighted by Gasteiger charge is -2.07. The van der Waals surface area contributed by atoms with Gasteiger partial charge in [0, 0.05) is 16.3 Å². The molecule has 0 radical (unpaired) electrons. The number of carbonyl (C=O) groups is 2. The van der Waals surface area contributed by atoms with Crippen LogP contribution in [0.5, 0.6) is 11.5 Å². The van der Waals surface area contributed by atoms with E-state index in [-0.39, 0.29) is 0 Å². The number of carbonyl (C=O) groups excluding carboxylic acids is 2. The number of hydrogen-bond acceptors (Lipinski definition) is 5. The molecule has 4 rings (SSSR count). The van der Waals surface area contributed by atoms with Crippen LogP contribution in [0.3, 0.4) is 0 Å². The molecule has 0 aliphatic carbocycles. The quantitative estimate of drug-likeness (QED) is 0.227. The van der Waals surface area contributed by atoms with Crippen molar-refractivity contribution < 1.29 is 18.7 Å². The van der Waals surface area contributed by atoms with Crippen molar-refractivity contribution in [1.82, 2.24) is 5.43 Å². The zero-order valence-electron chi connectivity index (χ0n) is 17.2. The smallest absolute Gasteiger partial charge is 0.329 e. The van der Waals surface area contributed by atoms with Crippen molar-refractivity contribution in [3.05, 3.63) is 102 Å². The van der Waals surface area contributed by atoms with E-state index in [4.69, 9.17) is 20.8 Å². The van der Waals surface area contributed by atoms with Gasteiger partial charge in [0.1, 0.15) is 23.0 Å². The number of benzene rings is 3. The fourth-order valence-corrected chi connectivity index (χ4v) is 3.03. The third-order valence-electron chi connectivity index (χ3n) is 4.39. The zero-order chi connectivity index (χ0) is 23.0. The highest BCUT2D eigenvalue weighted by molar-refractivity contribution is 6.39. The van der Waals surface area contributed by atoms with E-state index < -0.39 is 11.8 Å². The van der Waals surface area contributed by atoms with Crippen LogP contribution in [0, 0.1) is 0 Å². The second-order valence-corrected chi connectivity index (χ2v) is 7.24. The number of para-hydroxylation sites is 1. The van der Waals surface area contributed by atoms with E-state index in [0.29, 0.717) is 33.7 Å². The van der Waals surface area contributed by atoms with Crippen molar-refractivity contribution in [2.75, 3.05) is 5.32 Å². The predicted octanol–water partition coefficient (Wildman–Crippen LogP) is 5.48. The number of amides is 2. The standard InChI is InChI=1S/C25H18ClN3O4/c26-18-6-4-5-17(15-18)23-14-13-22(33-23)16-27-29-25(31)24(30)28-19-9-11-21(12-10-19)32-20-7-2-1-3-8-20/h1-16H,(H,28,30)(H,29,31). The van der Waals surface area contributed by atoms with E-state index in [1.807, 2.05) is 42.5 Å². The molecular formula is C25H18ClN3O4. The molecule has 0 bridgehead atoms. The molecule has 0 unspecified atom stereocenters. The van der Waals surface area contributed by atoms with Gasteiger partial charge in [0.05, 0.1) is 6.21 Å². The van der Waals surface area contributed by atoms with Gasteiger partial charge in [-0.25, -0.2) is 5.43 Å². The largest absolute Gasteiger partial charge is 0.457 e. The molecule has 4 aromatic rings. The predicted molar refractivity (Wildman–Crippen MR) is 126 cm³/mol. The summed E-state index contributed by atoms with van der Waals surface area (Å²) < 4.78 is 11.3. The lowest BCUT2D eigenvalue weighted by molar-refractivity contribution is -0.136. The van der Waals surface area contributed by atoms with Crippen LogP contribution in [0.4, 0.5) is 5.69 Å². The third-order valence-corrected chi connectivity index (χ3v) is 4.63. The molecule has 1 aromatic heterocycles. The summed E-state index contributed by atoms with van der Waals surface area (Å²) in [5.41, 5.74) is 3.42. The Morgan fingerprint density at radius 2 is 1.61 bits per heavy atom. The summed E-state index contributed by atoms with van der Waals surface area (Å²) in [5.74, 6) is 0.523. The fourth-order valence-electron chi connectivity index (χ4n) is 2.84. The van der Waals surface area contributed by atoms with Gasteiger partial charge in [0.25, 0.3) is 0 Å². The molecule has 3 aromatic carbocycles. The molecule has 0 saturated carbocycles. The molecule has 0 saturated heterocycles. The van der Waals surface area contributed by atoms with Crippen LogP contribution >= 0.6 is 11.6 Å². The molecule has 0 spiro atoms. The van der Waals surface area contributed by atoms with Gasteiger partial charge in [-0.2, -0.15) is 5.10 Å². The number of rotatable bonds is 6. The highest BCUT2D eigenvalue weighted by Crippen LogP contribution is 2.24. The Labute approximate surface area is 194 Å². The van der Waals surface area contributed by atoms with Crippen molar-refractivity contribution in [3.63, 3.8) is 0 Å². The minimum Gasteiger partial charge on any atom is -0.457 e. The van der Waals surface area contributed by atoms with Crippen LogP contribution in [0.15, 0.2) is 101 Å². The first-order valence-corrected chi connectivity index (χ1v) is 10.3. The van der Waals surface area contributed by atoms with E-state index in [9.17, 15) is 9.59 Å². The van der Waals surface area contributed by atoms with Crippen LogP contribution in [0.1, 0.15) is 5.76 Å². The molecule has 7 nitrogen and oxygen atoms in total. The number of furan rings is 1. The van der Waals surface area contributed by atoms with Gasteiger partial charge in [-0.15, -0.1) is 0 Å². The van der Waals surface area contributed by atoms with Gasteiger partial charge in [0.2, 0.25) is 0 Å². The highest BCUT2D eigenvalue weighted by Gasteiger charge is 2.13. The Morgan fingerprint density at radius 1 is 0.848 bits per heavy atom. The molecule has 1 heterocycles. The lowest BCUT2D eigenvalue weighted by atomic mass is 10.2. The number of hydrogen-bond donors (Lipinski definition) is 2. The van der Waals surface area contributed by atoms with Gasteiger partial charge in [-0.1, -0.05) is 41.9 Å². The van der Waals surface area contributed by atoms with Crippen LogP contribution in [-0.4, -0.2) is 18.0 Å². The number of halogens is 1. The maximum atomic E-state index is 12.1. The second-order valence-electron chi connectivity index (χ2n) is 6.81. The van der Waals surface area contributed by atoms with Gasteiger partial charge in [-0.05, 0) is 60.7 Å². The Morgan fingerprint density at radius 3 is 2.36 bits per heavy atom. The lowest BCUT2D eigenvalue weighted by Crippen LogP contribution is -2.32. The maximum Gasteiger partial charge on any atom is 0.329 e. The molecular weight excluding hydrogens is 442 g/mol. The third kappa shape index (κ3) is 6.09. The second kappa shape index (κ2) is 10.3. The summed E-state index contributed by atoms with van der Waals surface area (Å²) in [5, 5.41) is 6.85. The van der Waals surface area contributed by atoms with Gasteiger partial charge < -0.3 is 14.5 Å². The Bertz CT molecular complexity index is 1280. The fraction of sp³-hybridized carbons (Fsp3) is 0. The van der Waals surface area contributed by atoms with Crippen molar-refractivity contribution in [2.24, 2.45) is 5.10 Å². The topological polar surface area (TPSA) is 92.9 Å². The van der Waals surface area contributed by atoms with Crippen molar-refractivity contribution >= 4 is 35.3 Å². The number of hydrazone groups is 1. The maximum absolute atomic E-state index is 12.1. The normalized spacial score (nSPS) is 10.7. The molecule has 2 N–H and O–H groups in total. The Hall–Kier alpha value is -4.36. The van der Waals surface area contributed by atoms with E-state index in [2.05, 4.69) is 15.8 Å². The number of ether oxygens (including phenoxy) is 1. The monoisotopic (exact) mass is 459 g/mol. The van der Waals surface area contributed by atoms with Crippen molar-refractivity contribution in [1.29, 1.82) is 0 Å². The molecule has 2 amide bonds. The Balaban J connectivity index is 1.28. The molecule has 164 valence electrons. The van der Waals surface area contributed by atoms with E-state index in [1.165, 1.54) is 6.21 Å². The summed E-state index contributed by atoms with van der Waals surface area (Å²) in [6.45, 7) is 0. The summed E-state index contributed by atoms with van der Waals surface area (Å²) in [6, 6.07) is 26.6. The molecule has 0 aliphatic rings. The molecule has 0 fully saturated rings. The minimum absolute atomic E-state index is 0.402. The zero-order valence-corrected chi connectivity index (χ0v) is 18.0. The molecule has 8 heteroatoms. The van der Waals surface area contributed by atoms with Gasteiger partial charge in [-0.3, -0.25) is 9.59 Å². The van der Waals surface area contributed by atoms with Crippen LogP contribution in [0.25, 0.3) is 11.3 Å². The van der Waals surface area contributed by atoms with Crippen molar-refractivity contribution in [2.45, 2.75) is 0 Å². The number of anilines is 1. The van der Waals surface area contributed by atoms with E-state index >= 15 is 0 Å². The Kier molecular flexibility index (Phi) is 6.82. The summed E-state index contributed by atoms with van der Waals surface area (Å²) in [7, 11) is 0. The average Bonchev–Trinajstić information content (AvgIpc) is 3.30. The molecule has 33 heavy (non-hydrogen) atoms. The highest BCUT2D eigenvalue weighted by atomic mass is 35.5. The molecule has 0 atom stereocenters. The van der Waals surface area contributed by atoms with Gasteiger partial charge in [0.15, 0.2) is 0 Å². The first-order valence-electron chi connectivity index (χ1n) is 9.90. The molecule has 0 aliphatic heterocycles. The number of nitrogens with one attached hydrogen (secondary N) is 2. The average molecular weight is 460 g/mol. The first-order chi connectivity index (χ1) is 16.1. The van der Waals surface area contributed by atoms with Gasteiger partial charge >= 0.3 is 11.8 Å². The minimum atomic E-state index is -0.919. The van der Waals surface area contributed by atoms with E-state index in [1.54, 1.807) is 48.5 Å². The summed E-state index contributed by atoms with van der Waals surface area (Å²) in [6.07, 6.45) is 1.30. The van der Waals surface area contributed by atoms with Crippen LogP contribution in [0.2, 0.25) is 5.02 Å².